The summed E-state index contributed by atoms with van der Waals surface area (Å²) < 4.78 is 37.2. The highest BCUT2D eigenvalue weighted by Gasteiger charge is 2.35. The monoisotopic (exact) mass is 314 g/mol. The standard InChI is InChI=1S/C14H22N2O4S/c17-21(18,14-3-4-14)15-6-5-13-11-16(7-9-20-13)10-12-2-1-8-19-12/h1-2,8,13-15H,3-7,9-11H2. The van der Waals surface area contributed by atoms with Crippen LogP contribution in [0.25, 0.3) is 0 Å². The van der Waals surface area contributed by atoms with Crippen molar-refractivity contribution >= 4 is 10.0 Å². The lowest BCUT2D eigenvalue weighted by Crippen LogP contribution is -2.43. The Labute approximate surface area is 125 Å². The number of sulfonamides is 1. The summed E-state index contributed by atoms with van der Waals surface area (Å²) in [5, 5.41) is -0.153. The maximum absolute atomic E-state index is 11.7. The second-order valence-electron chi connectivity index (χ2n) is 5.73. The molecule has 2 aliphatic rings. The largest absolute Gasteiger partial charge is 0.468 e. The van der Waals surface area contributed by atoms with Crippen molar-refractivity contribution in [2.45, 2.75) is 37.2 Å². The summed E-state index contributed by atoms with van der Waals surface area (Å²) >= 11 is 0. The molecule has 118 valence electrons. The van der Waals surface area contributed by atoms with Gasteiger partial charge in [-0.25, -0.2) is 13.1 Å². The maximum atomic E-state index is 11.7. The Bertz CT molecular complexity index is 539. The van der Waals surface area contributed by atoms with Crippen molar-refractivity contribution in [3.63, 3.8) is 0 Å². The lowest BCUT2D eigenvalue weighted by molar-refractivity contribution is -0.0355. The first-order valence-electron chi connectivity index (χ1n) is 7.48. The lowest BCUT2D eigenvalue weighted by atomic mass is 10.2. The molecule has 1 aromatic rings. The van der Waals surface area contributed by atoms with E-state index in [0.717, 1.165) is 38.2 Å². The van der Waals surface area contributed by atoms with Gasteiger partial charge in [-0.05, 0) is 31.4 Å². The van der Waals surface area contributed by atoms with Gasteiger partial charge in [-0.2, -0.15) is 0 Å². The number of morpholine rings is 1. The van der Waals surface area contributed by atoms with E-state index in [1.54, 1.807) is 6.26 Å². The highest BCUT2D eigenvalue weighted by Crippen LogP contribution is 2.27. The zero-order valence-electron chi connectivity index (χ0n) is 12.0. The van der Waals surface area contributed by atoms with E-state index in [1.165, 1.54) is 0 Å². The van der Waals surface area contributed by atoms with Gasteiger partial charge in [-0.15, -0.1) is 0 Å². The third kappa shape index (κ3) is 4.29. The maximum Gasteiger partial charge on any atom is 0.214 e. The van der Waals surface area contributed by atoms with Gasteiger partial charge < -0.3 is 9.15 Å². The Morgan fingerprint density at radius 1 is 1.38 bits per heavy atom. The van der Waals surface area contributed by atoms with Crippen LogP contribution in [-0.2, 0) is 21.3 Å². The van der Waals surface area contributed by atoms with Crippen LogP contribution in [0, 0.1) is 0 Å². The smallest absolute Gasteiger partial charge is 0.214 e. The Balaban J connectivity index is 1.41. The highest BCUT2D eigenvalue weighted by molar-refractivity contribution is 7.90. The van der Waals surface area contributed by atoms with Crippen LogP contribution in [0.3, 0.4) is 0 Å². The van der Waals surface area contributed by atoms with Crippen LogP contribution in [0.5, 0.6) is 0 Å². The van der Waals surface area contributed by atoms with Crippen molar-refractivity contribution in [1.82, 2.24) is 9.62 Å². The molecule has 1 unspecified atom stereocenters. The average molecular weight is 314 g/mol. The van der Waals surface area contributed by atoms with Gasteiger partial charge in [0.2, 0.25) is 10.0 Å². The van der Waals surface area contributed by atoms with Crippen LogP contribution < -0.4 is 4.72 Å². The summed E-state index contributed by atoms with van der Waals surface area (Å²) in [4.78, 5) is 2.28. The molecule has 0 bridgehead atoms. The number of nitrogens with zero attached hydrogens (tertiary/aromatic N) is 1. The van der Waals surface area contributed by atoms with Crippen molar-refractivity contribution in [1.29, 1.82) is 0 Å². The summed E-state index contributed by atoms with van der Waals surface area (Å²) in [6, 6.07) is 3.86. The molecule has 6 nitrogen and oxygen atoms in total. The molecule has 1 aliphatic carbocycles. The Kier molecular flexibility index (Phi) is 4.63. The third-order valence-corrected chi connectivity index (χ3v) is 5.87. The van der Waals surface area contributed by atoms with Crippen LogP contribution in [0.1, 0.15) is 25.0 Å². The molecule has 1 N–H and O–H groups in total. The Morgan fingerprint density at radius 3 is 2.95 bits per heavy atom. The molecule has 0 spiro atoms. The molecule has 21 heavy (non-hydrogen) atoms. The molecule has 1 saturated heterocycles. The molecule has 7 heteroatoms. The molecular weight excluding hydrogens is 292 g/mol. The first-order chi connectivity index (χ1) is 10.1. The van der Waals surface area contributed by atoms with E-state index >= 15 is 0 Å². The number of hydrogen-bond acceptors (Lipinski definition) is 5. The number of hydrogen-bond donors (Lipinski definition) is 1. The minimum Gasteiger partial charge on any atom is -0.468 e. The van der Waals surface area contributed by atoms with Gasteiger partial charge in [-0.1, -0.05) is 0 Å². The Hall–Kier alpha value is -0.890. The van der Waals surface area contributed by atoms with Crippen molar-refractivity contribution in [3.8, 4) is 0 Å². The minimum atomic E-state index is -3.08. The normalized spacial score (nSPS) is 24.3. The fourth-order valence-electron chi connectivity index (χ4n) is 2.58. The van der Waals surface area contributed by atoms with E-state index in [-0.39, 0.29) is 11.4 Å². The van der Waals surface area contributed by atoms with Gasteiger partial charge in [0.25, 0.3) is 0 Å². The molecule has 1 aliphatic heterocycles. The zero-order valence-corrected chi connectivity index (χ0v) is 12.8. The van der Waals surface area contributed by atoms with Crippen molar-refractivity contribution in [2.24, 2.45) is 0 Å². The van der Waals surface area contributed by atoms with Crippen molar-refractivity contribution in [2.75, 3.05) is 26.2 Å². The summed E-state index contributed by atoms with van der Waals surface area (Å²) in [5.41, 5.74) is 0. The van der Waals surface area contributed by atoms with Crippen LogP contribution in [0.15, 0.2) is 22.8 Å². The van der Waals surface area contributed by atoms with Gasteiger partial charge >= 0.3 is 0 Å². The second-order valence-corrected chi connectivity index (χ2v) is 7.78. The minimum absolute atomic E-state index is 0.0793. The molecule has 0 radical (unpaired) electrons. The lowest BCUT2D eigenvalue weighted by Gasteiger charge is -2.32. The highest BCUT2D eigenvalue weighted by atomic mass is 32.2. The van der Waals surface area contributed by atoms with Gasteiger partial charge in [0.05, 0.1) is 30.8 Å². The van der Waals surface area contributed by atoms with Gasteiger partial charge in [0.15, 0.2) is 0 Å². The van der Waals surface area contributed by atoms with Gasteiger partial charge in [0.1, 0.15) is 5.76 Å². The average Bonchev–Trinajstić information content (AvgIpc) is 3.20. The first-order valence-corrected chi connectivity index (χ1v) is 9.03. The van der Waals surface area contributed by atoms with Crippen LogP contribution in [0.4, 0.5) is 0 Å². The molecular formula is C14H22N2O4S. The molecule has 0 amide bonds. The van der Waals surface area contributed by atoms with E-state index in [9.17, 15) is 8.42 Å². The number of ether oxygens (including phenoxy) is 1. The van der Waals surface area contributed by atoms with E-state index in [2.05, 4.69) is 9.62 Å². The van der Waals surface area contributed by atoms with Crippen LogP contribution >= 0.6 is 0 Å². The van der Waals surface area contributed by atoms with E-state index in [4.69, 9.17) is 9.15 Å². The third-order valence-electron chi connectivity index (χ3n) is 3.92. The summed E-state index contributed by atoms with van der Waals surface area (Å²) in [5.74, 6) is 0.949. The number of rotatable bonds is 7. The van der Waals surface area contributed by atoms with Crippen LogP contribution in [0.2, 0.25) is 0 Å². The predicted octanol–water partition coefficient (Wildman–Crippen LogP) is 0.952. The zero-order chi connectivity index (χ0) is 14.7. The summed E-state index contributed by atoms with van der Waals surface area (Å²) in [7, 11) is -3.08. The number of nitrogens with one attached hydrogen (secondary N) is 1. The molecule has 1 saturated carbocycles. The fourth-order valence-corrected chi connectivity index (χ4v) is 3.97. The SMILES string of the molecule is O=S(=O)(NCCC1CN(Cc2ccco2)CCO1)C1CC1. The van der Waals surface area contributed by atoms with Gasteiger partial charge in [0, 0.05) is 19.6 Å². The Morgan fingerprint density at radius 2 is 2.24 bits per heavy atom. The molecule has 3 rings (SSSR count). The molecule has 1 aromatic heterocycles. The fraction of sp³-hybridized carbons (Fsp3) is 0.714. The van der Waals surface area contributed by atoms with Crippen LogP contribution in [-0.4, -0.2) is 50.9 Å². The van der Waals surface area contributed by atoms with Gasteiger partial charge in [-0.3, -0.25) is 4.90 Å². The topological polar surface area (TPSA) is 71.8 Å². The van der Waals surface area contributed by atoms with Crippen molar-refractivity contribution in [3.05, 3.63) is 24.2 Å². The van der Waals surface area contributed by atoms with E-state index < -0.39 is 10.0 Å². The predicted molar refractivity (Wildman–Crippen MR) is 78.3 cm³/mol. The summed E-state index contributed by atoms with van der Waals surface area (Å²) in [6.45, 7) is 3.61. The molecule has 1 atom stereocenters. The number of furan rings is 1. The quantitative estimate of drug-likeness (QED) is 0.811. The first kappa shape index (κ1) is 15.0. The molecule has 0 aromatic carbocycles. The molecule has 2 fully saturated rings. The van der Waals surface area contributed by atoms with E-state index in [0.29, 0.717) is 19.6 Å². The summed E-state index contributed by atoms with van der Waals surface area (Å²) in [6.07, 6.45) is 4.06. The molecule has 2 heterocycles. The second kappa shape index (κ2) is 6.48. The van der Waals surface area contributed by atoms with Crippen molar-refractivity contribution < 1.29 is 17.6 Å². The van der Waals surface area contributed by atoms with E-state index in [1.807, 2.05) is 12.1 Å².